The smallest absolute Gasteiger partial charge is 0.289 e. The number of benzene rings is 1. The first kappa shape index (κ1) is 18.0. The number of halogens is 2. The number of furan rings is 1. The van der Waals surface area contributed by atoms with Crippen molar-refractivity contribution in [2.24, 2.45) is 7.05 Å². The third-order valence-corrected chi connectivity index (χ3v) is 3.95. The lowest BCUT2D eigenvalue weighted by atomic mass is 10.3. The molecule has 6 nitrogen and oxygen atoms in total. The van der Waals surface area contributed by atoms with Gasteiger partial charge in [0.2, 0.25) is 0 Å². The second-order valence-electron chi connectivity index (χ2n) is 5.77. The minimum absolute atomic E-state index is 0.0720. The first-order valence-corrected chi connectivity index (χ1v) is 8.21. The molecule has 0 bridgehead atoms. The molecule has 0 saturated heterocycles. The Bertz CT molecular complexity index is 922. The molecule has 2 aromatic heterocycles. The predicted molar refractivity (Wildman–Crippen MR) is 93.5 cm³/mol. The average Bonchev–Trinajstić information content (AvgIpc) is 3.22. The lowest BCUT2D eigenvalue weighted by molar-refractivity contribution is 0.0747. The number of ether oxygens (including phenoxy) is 1. The molecule has 26 heavy (non-hydrogen) atoms. The van der Waals surface area contributed by atoms with Crippen molar-refractivity contribution >= 4 is 17.5 Å². The van der Waals surface area contributed by atoms with Gasteiger partial charge in [0.15, 0.2) is 5.76 Å². The lowest BCUT2D eigenvalue weighted by Gasteiger charge is -2.14. The number of nitrogens with zero attached hydrogens (tertiary/aromatic N) is 3. The number of hydrogen-bond donors (Lipinski definition) is 0. The van der Waals surface area contributed by atoms with Crippen molar-refractivity contribution in [3.63, 3.8) is 0 Å². The van der Waals surface area contributed by atoms with Gasteiger partial charge in [-0.3, -0.25) is 9.48 Å². The van der Waals surface area contributed by atoms with E-state index in [2.05, 4.69) is 5.10 Å². The molecule has 2 heterocycles. The van der Waals surface area contributed by atoms with Crippen LogP contribution in [0.1, 0.15) is 22.0 Å². The number of aromatic nitrogens is 2. The molecule has 0 aliphatic heterocycles. The van der Waals surface area contributed by atoms with Gasteiger partial charge in [0, 0.05) is 20.3 Å². The second kappa shape index (κ2) is 7.61. The molecule has 0 saturated carbocycles. The lowest BCUT2D eigenvalue weighted by Crippen LogP contribution is -2.26. The number of hydrogen-bond acceptors (Lipinski definition) is 4. The van der Waals surface area contributed by atoms with Crippen molar-refractivity contribution in [2.75, 3.05) is 7.05 Å². The summed E-state index contributed by atoms with van der Waals surface area (Å²) in [6.07, 6.45) is 1.82. The van der Waals surface area contributed by atoms with Crippen LogP contribution in [0.25, 0.3) is 0 Å². The topological polar surface area (TPSA) is 60.5 Å². The van der Waals surface area contributed by atoms with E-state index in [1.807, 2.05) is 19.3 Å². The molecule has 0 spiro atoms. The van der Waals surface area contributed by atoms with E-state index in [-0.39, 0.29) is 23.3 Å². The van der Waals surface area contributed by atoms with Crippen LogP contribution in [0.15, 0.2) is 47.0 Å². The third-order valence-electron chi connectivity index (χ3n) is 3.65. The molecule has 0 aliphatic carbocycles. The minimum atomic E-state index is -0.441. The Morgan fingerprint density at radius 2 is 2.15 bits per heavy atom. The Kier molecular flexibility index (Phi) is 5.27. The van der Waals surface area contributed by atoms with E-state index in [1.165, 1.54) is 23.1 Å². The van der Waals surface area contributed by atoms with Gasteiger partial charge in [-0.05, 0) is 36.4 Å². The number of amides is 1. The third kappa shape index (κ3) is 4.23. The zero-order valence-electron chi connectivity index (χ0n) is 14.3. The Hall–Kier alpha value is -2.80. The fourth-order valence-electron chi connectivity index (χ4n) is 2.36. The Morgan fingerprint density at radius 3 is 2.85 bits per heavy atom. The minimum Gasteiger partial charge on any atom is -0.484 e. The normalized spacial score (nSPS) is 10.8. The fraction of sp³-hybridized carbons (Fsp3) is 0.222. The molecule has 1 aromatic carbocycles. The first-order valence-electron chi connectivity index (χ1n) is 7.83. The monoisotopic (exact) mass is 377 g/mol. The van der Waals surface area contributed by atoms with E-state index in [1.54, 1.807) is 23.9 Å². The van der Waals surface area contributed by atoms with Crippen LogP contribution in [0.3, 0.4) is 0 Å². The van der Waals surface area contributed by atoms with Gasteiger partial charge in [-0.15, -0.1) is 0 Å². The summed E-state index contributed by atoms with van der Waals surface area (Å²) in [7, 11) is 3.49. The summed E-state index contributed by atoms with van der Waals surface area (Å²) >= 11 is 5.91. The number of carbonyl (C=O) groups is 1. The molecule has 8 heteroatoms. The van der Waals surface area contributed by atoms with E-state index >= 15 is 0 Å². The van der Waals surface area contributed by atoms with Crippen LogP contribution < -0.4 is 4.74 Å². The maximum absolute atomic E-state index is 13.0. The van der Waals surface area contributed by atoms with Crippen LogP contribution in [0, 0.1) is 5.82 Å². The van der Waals surface area contributed by atoms with Gasteiger partial charge in [0.25, 0.3) is 5.91 Å². The van der Waals surface area contributed by atoms with Crippen molar-refractivity contribution < 1.29 is 18.3 Å². The summed E-state index contributed by atoms with van der Waals surface area (Å²) in [6, 6.07) is 8.94. The highest BCUT2D eigenvalue weighted by molar-refractivity contribution is 6.32. The molecule has 3 rings (SSSR count). The molecule has 0 unspecified atom stereocenters. The highest BCUT2D eigenvalue weighted by atomic mass is 35.5. The molecule has 3 aromatic rings. The van der Waals surface area contributed by atoms with E-state index in [0.717, 1.165) is 5.69 Å². The van der Waals surface area contributed by atoms with Gasteiger partial charge in [-0.1, -0.05) is 11.6 Å². The van der Waals surface area contributed by atoms with Crippen LogP contribution in [-0.2, 0) is 20.2 Å². The van der Waals surface area contributed by atoms with Gasteiger partial charge in [-0.25, -0.2) is 4.39 Å². The molecular weight excluding hydrogens is 361 g/mol. The maximum Gasteiger partial charge on any atom is 0.289 e. The molecular formula is C18H17ClFN3O3. The predicted octanol–water partition coefficient (Wildman–Crippen LogP) is 3.66. The molecule has 136 valence electrons. The quantitative estimate of drug-likeness (QED) is 0.657. The summed E-state index contributed by atoms with van der Waals surface area (Å²) in [5.74, 6) is 0.294. The summed E-state index contributed by atoms with van der Waals surface area (Å²) in [4.78, 5) is 13.9. The molecule has 0 radical (unpaired) electrons. The highest BCUT2D eigenvalue weighted by Crippen LogP contribution is 2.26. The van der Waals surface area contributed by atoms with Crippen LogP contribution >= 0.6 is 11.6 Å². The van der Waals surface area contributed by atoms with E-state index in [0.29, 0.717) is 18.1 Å². The molecule has 0 N–H and O–H groups in total. The second-order valence-corrected chi connectivity index (χ2v) is 6.18. The summed E-state index contributed by atoms with van der Waals surface area (Å²) in [6.45, 7) is 0.444. The number of carbonyl (C=O) groups excluding carboxylic acids is 1. The van der Waals surface area contributed by atoms with Gasteiger partial charge < -0.3 is 14.1 Å². The van der Waals surface area contributed by atoms with Crippen LogP contribution in [0.4, 0.5) is 4.39 Å². The SMILES string of the molecule is CN(Cc1ccn(C)n1)C(=O)c1ccc(COc2ccc(F)cc2Cl)o1. The average molecular weight is 378 g/mol. The van der Waals surface area contributed by atoms with Crippen molar-refractivity contribution in [1.29, 1.82) is 0 Å². The summed E-state index contributed by atoms with van der Waals surface area (Å²) < 4.78 is 25.7. The Labute approximate surface area is 154 Å². The van der Waals surface area contributed by atoms with Crippen LogP contribution in [0.5, 0.6) is 5.75 Å². The first-order chi connectivity index (χ1) is 12.4. The van der Waals surface area contributed by atoms with Crippen LogP contribution in [-0.4, -0.2) is 27.6 Å². The summed E-state index contributed by atoms with van der Waals surface area (Å²) in [5, 5.41) is 4.41. The van der Waals surface area contributed by atoms with Crippen molar-refractivity contribution in [1.82, 2.24) is 14.7 Å². The number of rotatable bonds is 6. The Balaban J connectivity index is 1.60. The molecule has 0 atom stereocenters. The zero-order chi connectivity index (χ0) is 18.7. The summed E-state index contributed by atoms with van der Waals surface area (Å²) in [5.41, 5.74) is 0.782. The Morgan fingerprint density at radius 1 is 1.35 bits per heavy atom. The van der Waals surface area contributed by atoms with Crippen LogP contribution in [0.2, 0.25) is 5.02 Å². The zero-order valence-corrected chi connectivity index (χ0v) is 15.0. The highest BCUT2D eigenvalue weighted by Gasteiger charge is 2.17. The largest absolute Gasteiger partial charge is 0.484 e. The van der Waals surface area contributed by atoms with E-state index in [4.69, 9.17) is 20.8 Å². The maximum atomic E-state index is 13.0. The number of aryl methyl sites for hydroxylation is 1. The van der Waals surface area contributed by atoms with Gasteiger partial charge >= 0.3 is 0 Å². The fourth-order valence-corrected chi connectivity index (χ4v) is 2.58. The molecule has 1 amide bonds. The van der Waals surface area contributed by atoms with E-state index < -0.39 is 5.82 Å². The van der Waals surface area contributed by atoms with Crippen molar-refractivity contribution in [3.05, 3.63) is 70.6 Å². The van der Waals surface area contributed by atoms with Gasteiger partial charge in [0.1, 0.15) is 23.9 Å². The van der Waals surface area contributed by atoms with Crippen molar-refractivity contribution in [2.45, 2.75) is 13.2 Å². The van der Waals surface area contributed by atoms with Gasteiger partial charge in [-0.2, -0.15) is 5.10 Å². The molecule has 0 fully saturated rings. The van der Waals surface area contributed by atoms with Gasteiger partial charge in [0.05, 0.1) is 17.3 Å². The standard InChI is InChI=1S/C18H17ClFN3O3/c1-22(10-13-7-8-23(2)21-13)18(24)17-6-4-14(26-17)11-25-16-5-3-12(20)9-15(16)19/h3-9H,10-11H2,1-2H3. The molecule has 0 aliphatic rings. The van der Waals surface area contributed by atoms with E-state index in [9.17, 15) is 9.18 Å². The van der Waals surface area contributed by atoms with Crippen molar-refractivity contribution in [3.8, 4) is 5.75 Å².